The molecule has 2 amide bonds. The van der Waals surface area contributed by atoms with Gasteiger partial charge in [-0.15, -0.1) is 11.3 Å². The van der Waals surface area contributed by atoms with E-state index < -0.39 is 11.9 Å². The third-order valence-electron chi connectivity index (χ3n) is 3.74. The average molecular weight is 406 g/mol. The minimum atomic E-state index is -0.599. The molecule has 0 radical (unpaired) electrons. The molecular formula is C19H22N2O6S. The maximum absolute atomic E-state index is 12.3. The predicted molar refractivity (Wildman–Crippen MR) is 106 cm³/mol. The van der Waals surface area contributed by atoms with Crippen molar-refractivity contribution < 1.29 is 28.6 Å². The van der Waals surface area contributed by atoms with Crippen molar-refractivity contribution in [1.29, 1.82) is 0 Å². The molecule has 1 aromatic heterocycles. The Labute approximate surface area is 166 Å². The summed E-state index contributed by atoms with van der Waals surface area (Å²) in [7, 11) is 3.05. The summed E-state index contributed by atoms with van der Waals surface area (Å²) in [5.74, 6) is -0.242. The van der Waals surface area contributed by atoms with Crippen LogP contribution in [-0.4, -0.2) is 45.2 Å². The molecule has 0 spiro atoms. The van der Waals surface area contributed by atoms with Gasteiger partial charge in [0.1, 0.15) is 16.5 Å². The molecule has 1 heterocycles. The van der Waals surface area contributed by atoms with Gasteiger partial charge in [0, 0.05) is 7.05 Å². The van der Waals surface area contributed by atoms with Gasteiger partial charge in [-0.2, -0.15) is 0 Å². The Hall–Kier alpha value is -3.07. The first kappa shape index (κ1) is 21.2. The molecule has 0 unspecified atom stereocenters. The molecule has 2 aromatic rings. The number of ether oxygens (including phenoxy) is 3. The van der Waals surface area contributed by atoms with Gasteiger partial charge in [-0.1, -0.05) is 0 Å². The van der Waals surface area contributed by atoms with Gasteiger partial charge in [0.05, 0.1) is 24.2 Å². The van der Waals surface area contributed by atoms with Crippen LogP contribution < -0.4 is 20.1 Å². The molecule has 8 nitrogen and oxygen atoms in total. The lowest BCUT2D eigenvalue weighted by Crippen LogP contribution is -2.21. The molecule has 0 aliphatic rings. The van der Waals surface area contributed by atoms with Crippen LogP contribution in [0.4, 0.5) is 5.00 Å². The van der Waals surface area contributed by atoms with Crippen LogP contribution in [0.25, 0.3) is 0 Å². The monoisotopic (exact) mass is 406 g/mol. The number of hydrogen-bond acceptors (Lipinski definition) is 7. The van der Waals surface area contributed by atoms with Crippen LogP contribution in [0.2, 0.25) is 0 Å². The zero-order valence-corrected chi connectivity index (χ0v) is 16.9. The molecule has 2 N–H and O–H groups in total. The number of hydrogen-bond donors (Lipinski definition) is 2. The Balaban J connectivity index is 2.15. The van der Waals surface area contributed by atoms with Gasteiger partial charge in [0.25, 0.3) is 11.8 Å². The smallest absolute Gasteiger partial charge is 0.341 e. The van der Waals surface area contributed by atoms with Gasteiger partial charge in [-0.3, -0.25) is 9.59 Å². The summed E-state index contributed by atoms with van der Waals surface area (Å²) >= 11 is 1.01. The zero-order chi connectivity index (χ0) is 20.7. The number of nitrogens with one attached hydrogen (secondary N) is 2. The fourth-order valence-electron chi connectivity index (χ4n) is 2.36. The predicted octanol–water partition coefficient (Wildman–Crippen LogP) is 2.62. The lowest BCUT2D eigenvalue weighted by Gasteiger charge is -2.09. The largest absolute Gasteiger partial charge is 0.497 e. The Morgan fingerprint density at radius 3 is 2.32 bits per heavy atom. The van der Waals surface area contributed by atoms with E-state index in [9.17, 15) is 14.4 Å². The third kappa shape index (κ3) is 5.01. The lowest BCUT2D eigenvalue weighted by molar-refractivity contribution is -0.118. The Morgan fingerprint density at radius 1 is 1.11 bits per heavy atom. The third-order valence-corrected chi connectivity index (χ3v) is 4.95. The highest BCUT2D eigenvalue weighted by atomic mass is 32.1. The number of carbonyl (C=O) groups is 3. The van der Waals surface area contributed by atoms with Crippen molar-refractivity contribution in [3.63, 3.8) is 0 Å². The van der Waals surface area contributed by atoms with Gasteiger partial charge < -0.3 is 24.8 Å². The first-order chi connectivity index (χ1) is 13.4. The molecule has 28 heavy (non-hydrogen) atoms. The van der Waals surface area contributed by atoms with E-state index in [1.54, 1.807) is 45.2 Å². The summed E-state index contributed by atoms with van der Waals surface area (Å²) in [5, 5.41) is 5.39. The van der Waals surface area contributed by atoms with Crippen LogP contribution >= 0.6 is 11.3 Å². The number of rotatable bonds is 8. The van der Waals surface area contributed by atoms with E-state index in [1.807, 2.05) is 0 Å². The van der Waals surface area contributed by atoms with Crippen molar-refractivity contribution in [3.05, 3.63) is 40.3 Å². The highest BCUT2D eigenvalue weighted by Crippen LogP contribution is 2.33. The van der Waals surface area contributed by atoms with E-state index in [0.717, 1.165) is 11.3 Å². The van der Waals surface area contributed by atoms with E-state index in [-0.39, 0.29) is 29.7 Å². The fraction of sp³-hybridized carbons (Fsp3) is 0.316. The van der Waals surface area contributed by atoms with Crippen molar-refractivity contribution in [2.45, 2.75) is 13.8 Å². The van der Waals surface area contributed by atoms with Crippen molar-refractivity contribution >= 4 is 34.1 Å². The van der Waals surface area contributed by atoms with Crippen LogP contribution in [0, 0.1) is 6.92 Å². The quantitative estimate of drug-likeness (QED) is 0.654. The Bertz CT molecular complexity index is 860. The zero-order valence-electron chi connectivity index (χ0n) is 16.1. The molecule has 9 heteroatoms. The molecule has 2 rings (SSSR count). The summed E-state index contributed by atoms with van der Waals surface area (Å²) in [6, 6.07) is 6.78. The van der Waals surface area contributed by atoms with E-state index in [2.05, 4.69) is 10.6 Å². The lowest BCUT2D eigenvalue weighted by atomic mass is 10.1. The van der Waals surface area contributed by atoms with Crippen LogP contribution in [0.3, 0.4) is 0 Å². The van der Waals surface area contributed by atoms with E-state index in [1.165, 1.54) is 7.05 Å². The van der Waals surface area contributed by atoms with E-state index in [0.29, 0.717) is 21.9 Å². The minimum absolute atomic E-state index is 0.170. The second-order valence-electron chi connectivity index (χ2n) is 5.57. The van der Waals surface area contributed by atoms with Crippen molar-refractivity contribution in [2.75, 3.05) is 32.7 Å². The van der Waals surface area contributed by atoms with Crippen molar-refractivity contribution in [3.8, 4) is 11.5 Å². The molecular weight excluding hydrogens is 384 g/mol. The van der Waals surface area contributed by atoms with E-state index in [4.69, 9.17) is 14.2 Å². The molecule has 150 valence electrons. The van der Waals surface area contributed by atoms with Crippen LogP contribution in [0.15, 0.2) is 24.3 Å². The SMILES string of the molecule is CCOC(=O)c1c(NC(=O)COc2ccc(OC)cc2)sc(C(=O)NC)c1C. The number of benzene rings is 1. The van der Waals surface area contributed by atoms with Gasteiger partial charge in [0.2, 0.25) is 0 Å². The van der Waals surface area contributed by atoms with Crippen LogP contribution in [0.5, 0.6) is 11.5 Å². The van der Waals surface area contributed by atoms with Crippen molar-refractivity contribution in [2.24, 2.45) is 0 Å². The molecule has 0 bridgehead atoms. The second kappa shape index (κ2) is 9.75. The second-order valence-corrected chi connectivity index (χ2v) is 6.59. The maximum Gasteiger partial charge on any atom is 0.341 e. The minimum Gasteiger partial charge on any atom is -0.497 e. The Kier molecular flexibility index (Phi) is 7.39. The van der Waals surface area contributed by atoms with E-state index >= 15 is 0 Å². The Morgan fingerprint density at radius 2 is 1.75 bits per heavy atom. The highest BCUT2D eigenvalue weighted by Gasteiger charge is 2.26. The molecule has 0 atom stereocenters. The first-order valence-electron chi connectivity index (χ1n) is 8.50. The number of amides is 2. The first-order valence-corrected chi connectivity index (χ1v) is 9.32. The fourth-order valence-corrected chi connectivity index (χ4v) is 3.52. The summed E-state index contributed by atoms with van der Waals surface area (Å²) in [5.41, 5.74) is 0.623. The average Bonchev–Trinajstić information content (AvgIpc) is 3.02. The number of thiophene rings is 1. The molecule has 0 aliphatic heterocycles. The molecule has 0 aliphatic carbocycles. The topological polar surface area (TPSA) is 103 Å². The normalized spacial score (nSPS) is 10.1. The molecule has 0 saturated carbocycles. The number of esters is 1. The molecule has 0 saturated heterocycles. The maximum atomic E-state index is 12.3. The van der Waals surface area contributed by atoms with Gasteiger partial charge >= 0.3 is 5.97 Å². The number of methoxy groups -OCH3 is 1. The number of anilines is 1. The summed E-state index contributed by atoms with van der Waals surface area (Å²) in [4.78, 5) is 36.9. The number of carbonyl (C=O) groups excluding carboxylic acids is 3. The van der Waals surface area contributed by atoms with Crippen LogP contribution in [0.1, 0.15) is 32.5 Å². The molecule has 0 fully saturated rings. The van der Waals surface area contributed by atoms with Gasteiger partial charge in [0.15, 0.2) is 6.61 Å². The van der Waals surface area contributed by atoms with Gasteiger partial charge in [-0.25, -0.2) is 4.79 Å². The summed E-state index contributed by atoms with van der Waals surface area (Å²) < 4.78 is 15.5. The summed E-state index contributed by atoms with van der Waals surface area (Å²) in [6.07, 6.45) is 0. The van der Waals surface area contributed by atoms with Gasteiger partial charge in [-0.05, 0) is 43.7 Å². The standard InChI is InChI=1S/C19H22N2O6S/c1-5-26-19(24)15-11(2)16(17(23)20-3)28-18(15)21-14(22)10-27-13-8-6-12(25-4)7-9-13/h6-9H,5,10H2,1-4H3,(H,20,23)(H,21,22). The highest BCUT2D eigenvalue weighted by molar-refractivity contribution is 7.18. The molecule has 1 aromatic carbocycles. The summed E-state index contributed by atoms with van der Waals surface area (Å²) in [6.45, 7) is 3.23. The van der Waals surface area contributed by atoms with Crippen LogP contribution in [-0.2, 0) is 9.53 Å². The van der Waals surface area contributed by atoms with Crippen molar-refractivity contribution in [1.82, 2.24) is 5.32 Å².